The van der Waals surface area contributed by atoms with Crippen molar-refractivity contribution in [3.8, 4) is 0 Å². The molecule has 5 rings (SSSR count). The van der Waals surface area contributed by atoms with Crippen molar-refractivity contribution in [1.82, 2.24) is 9.97 Å². The summed E-state index contributed by atoms with van der Waals surface area (Å²) in [5, 5.41) is 1.87. The number of aryl methyl sites for hydroxylation is 1. The molecule has 2 aromatic heterocycles. The monoisotopic (exact) mass is 459 g/mol. The molecule has 172 valence electrons. The van der Waals surface area contributed by atoms with Gasteiger partial charge >= 0.3 is 0 Å². The van der Waals surface area contributed by atoms with Crippen LogP contribution >= 0.6 is 0 Å². The van der Waals surface area contributed by atoms with Gasteiger partial charge in [0.05, 0.1) is 11.0 Å². The molecule has 5 heteroatoms. The van der Waals surface area contributed by atoms with Gasteiger partial charge in [0.2, 0.25) is 0 Å². The topological polar surface area (TPSA) is 63.2 Å². The number of imide groups is 1. The molecule has 35 heavy (non-hydrogen) atoms. The third-order valence-corrected chi connectivity index (χ3v) is 6.03. The maximum Gasteiger partial charge on any atom is 0.266 e. The second-order valence-corrected chi connectivity index (χ2v) is 8.46. The van der Waals surface area contributed by atoms with Crippen LogP contribution in [0.2, 0.25) is 0 Å². The molecule has 0 bridgehead atoms. The molecule has 5 aromatic rings. The number of rotatable bonds is 6. The predicted octanol–water partition coefficient (Wildman–Crippen LogP) is 6.61. The highest BCUT2D eigenvalue weighted by molar-refractivity contribution is 6.25. The number of hydrogen-bond acceptors (Lipinski definition) is 4. The predicted molar refractivity (Wildman–Crippen MR) is 140 cm³/mol. The van der Waals surface area contributed by atoms with Crippen LogP contribution in [0.3, 0.4) is 0 Å². The fraction of sp³-hybridized carbons (Fsp3) is 0.133. The zero-order valence-electron chi connectivity index (χ0n) is 19.5. The van der Waals surface area contributed by atoms with E-state index in [0.717, 1.165) is 46.1 Å². The molecule has 0 radical (unpaired) electrons. The third-order valence-electron chi connectivity index (χ3n) is 6.03. The van der Waals surface area contributed by atoms with Gasteiger partial charge in [0.15, 0.2) is 0 Å². The summed E-state index contributed by atoms with van der Waals surface area (Å²) in [6, 6.07) is 29.3. The van der Waals surface area contributed by atoms with Gasteiger partial charge in [-0.25, -0.2) is 9.88 Å². The summed E-state index contributed by atoms with van der Waals surface area (Å²) in [5.74, 6) is -0.584. The molecule has 5 nitrogen and oxygen atoms in total. The molecular weight excluding hydrogens is 434 g/mol. The largest absolute Gasteiger partial charge is 0.268 e. The number of unbranched alkanes of at least 4 members (excludes halogenated alkanes) is 1. The summed E-state index contributed by atoms with van der Waals surface area (Å²) in [5.41, 5.74) is 3.28. The number of amides is 2. The number of anilines is 1. The van der Waals surface area contributed by atoms with E-state index in [2.05, 4.69) is 19.1 Å². The van der Waals surface area contributed by atoms with E-state index in [-0.39, 0.29) is 5.82 Å². The molecule has 0 aliphatic heterocycles. The minimum absolute atomic E-state index is 0.272. The van der Waals surface area contributed by atoms with Gasteiger partial charge in [0, 0.05) is 27.6 Å². The van der Waals surface area contributed by atoms with Gasteiger partial charge in [0.1, 0.15) is 5.82 Å². The lowest BCUT2D eigenvalue weighted by Crippen LogP contribution is -2.37. The fourth-order valence-corrected chi connectivity index (χ4v) is 4.14. The summed E-state index contributed by atoms with van der Waals surface area (Å²) in [6.45, 7) is 2.16. The van der Waals surface area contributed by atoms with Gasteiger partial charge < -0.3 is 0 Å². The van der Waals surface area contributed by atoms with Crippen molar-refractivity contribution in [2.45, 2.75) is 26.2 Å². The Morgan fingerprint density at radius 2 is 1.17 bits per heavy atom. The van der Waals surface area contributed by atoms with E-state index in [9.17, 15) is 9.59 Å². The number of carbonyl (C=O) groups excluding carboxylic acids is 2. The maximum atomic E-state index is 13.6. The first-order valence-electron chi connectivity index (χ1n) is 11.8. The molecule has 0 fully saturated rings. The first-order valence-corrected chi connectivity index (χ1v) is 11.8. The molecule has 0 saturated carbocycles. The van der Waals surface area contributed by atoms with Crippen LogP contribution in [0, 0.1) is 0 Å². The number of carbonyl (C=O) groups is 2. The van der Waals surface area contributed by atoms with Gasteiger partial charge in [-0.1, -0.05) is 67.9 Å². The molecule has 3 aromatic carbocycles. The van der Waals surface area contributed by atoms with Gasteiger partial charge in [-0.2, -0.15) is 0 Å². The quantitative estimate of drug-likeness (QED) is 0.212. The molecule has 0 aliphatic carbocycles. The lowest BCUT2D eigenvalue weighted by atomic mass is 10.1. The van der Waals surface area contributed by atoms with E-state index in [1.54, 1.807) is 54.6 Å². The molecule has 2 heterocycles. The Kier molecular flexibility index (Phi) is 6.31. The number of aromatic nitrogens is 2. The first-order chi connectivity index (χ1) is 17.2. The van der Waals surface area contributed by atoms with Crippen LogP contribution in [-0.2, 0) is 6.42 Å². The summed E-state index contributed by atoms with van der Waals surface area (Å²) in [6.07, 6.45) is 3.05. The fourth-order valence-electron chi connectivity index (χ4n) is 4.14. The van der Waals surface area contributed by atoms with Crippen molar-refractivity contribution >= 4 is 39.4 Å². The average Bonchev–Trinajstić information content (AvgIpc) is 2.92. The Morgan fingerprint density at radius 1 is 0.657 bits per heavy atom. The highest BCUT2D eigenvalue weighted by atomic mass is 16.2. The van der Waals surface area contributed by atoms with E-state index in [1.165, 1.54) is 0 Å². The van der Waals surface area contributed by atoms with Crippen LogP contribution in [0.15, 0.2) is 97.1 Å². The number of nitrogens with zero attached hydrogens (tertiary/aromatic N) is 3. The summed E-state index contributed by atoms with van der Waals surface area (Å²) in [7, 11) is 0. The van der Waals surface area contributed by atoms with Crippen LogP contribution < -0.4 is 4.90 Å². The van der Waals surface area contributed by atoms with Crippen LogP contribution in [0.1, 0.15) is 46.2 Å². The van der Waals surface area contributed by atoms with Gasteiger partial charge in [-0.05, 0) is 55.3 Å². The number of benzene rings is 3. The van der Waals surface area contributed by atoms with E-state index in [4.69, 9.17) is 9.97 Å². The number of hydrogen-bond donors (Lipinski definition) is 0. The number of pyridine rings is 2. The molecule has 0 unspecified atom stereocenters. The average molecular weight is 460 g/mol. The standard InChI is InChI=1S/C30H25N3O2/c1-2-3-14-25-19-17-21-15-16-22-18-20-26(32-28(22)27(21)31-25)33(29(34)23-10-6-4-7-11-23)30(35)24-12-8-5-9-13-24/h4-13,15-20H,2-3,14H2,1H3. The molecule has 0 spiro atoms. The second-order valence-electron chi connectivity index (χ2n) is 8.46. The Morgan fingerprint density at radius 3 is 1.74 bits per heavy atom. The van der Waals surface area contributed by atoms with E-state index >= 15 is 0 Å². The molecular formula is C30H25N3O2. The Bertz CT molecular complexity index is 1460. The third kappa shape index (κ3) is 4.53. The number of fused-ring (bicyclic) bond motifs is 3. The molecule has 0 aliphatic rings. The smallest absolute Gasteiger partial charge is 0.266 e. The maximum absolute atomic E-state index is 13.6. The second kappa shape index (κ2) is 9.85. The van der Waals surface area contributed by atoms with Gasteiger partial charge in [-0.15, -0.1) is 0 Å². The molecule has 0 atom stereocenters. The highest BCUT2D eigenvalue weighted by Gasteiger charge is 2.27. The van der Waals surface area contributed by atoms with E-state index in [0.29, 0.717) is 16.6 Å². The lowest BCUT2D eigenvalue weighted by Gasteiger charge is -2.21. The zero-order chi connectivity index (χ0) is 24.2. The highest BCUT2D eigenvalue weighted by Crippen LogP contribution is 2.27. The van der Waals surface area contributed by atoms with Gasteiger partial charge in [-0.3, -0.25) is 14.6 Å². The normalized spacial score (nSPS) is 11.0. The van der Waals surface area contributed by atoms with Crippen LogP contribution in [0.25, 0.3) is 21.8 Å². The van der Waals surface area contributed by atoms with Crippen molar-refractivity contribution in [3.63, 3.8) is 0 Å². The van der Waals surface area contributed by atoms with Crippen molar-refractivity contribution in [3.05, 3.63) is 114 Å². The minimum atomic E-state index is -0.428. The molecule has 0 N–H and O–H groups in total. The Hall–Kier alpha value is -4.38. The van der Waals surface area contributed by atoms with Crippen molar-refractivity contribution in [2.75, 3.05) is 4.90 Å². The molecule has 0 saturated heterocycles. The van der Waals surface area contributed by atoms with E-state index in [1.807, 2.05) is 30.3 Å². The van der Waals surface area contributed by atoms with Crippen molar-refractivity contribution in [1.29, 1.82) is 0 Å². The minimum Gasteiger partial charge on any atom is -0.268 e. The Labute approximate surface area is 204 Å². The summed E-state index contributed by atoms with van der Waals surface area (Å²) < 4.78 is 0. The van der Waals surface area contributed by atoms with Crippen molar-refractivity contribution in [2.24, 2.45) is 0 Å². The summed E-state index contributed by atoms with van der Waals surface area (Å²) in [4.78, 5) is 38.1. The zero-order valence-corrected chi connectivity index (χ0v) is 19.5. The van der Waals surface area contributed by atoms with Crippen LogP contribution in [0.5, 0.6) is 0 Å². The van der Waals surface area contributed by atoms with Crippen LogP contribution in [0.4, 0.5) is 5.82 Å². The van der Waals surface area contributed by atoms with Crippen molar-refractivity contribution < 1.29 is 9.59 Å². The van der Waals surface area contributed by atoms with Crippen LogP contribution in [-0.4, -0.2) is 21.8 Å². The van der Waals surface area contributed by atoms with Gasteiger partial charge in [0.25, 0.3) is 11.8 Å². The Balaban J connectivity index is 1.67. The first kappa shape index (κ1) is 22.4. The SMILES string of the molecule is CCCCc1ccc2ccc3ccc(N(C(=O)c4ccccc4)C(=O)c4ccccc4)nc3c2n1. The summed E-state index contributed by atoms with van der Waals surface area (Å²) >= 11 is 0. The lowest BCUT2D eigenvalue weighted by molar-refractivity contribution is 0.0896. The molecule has 2 amide bonds. The van der Waals surface area contributed by atoms with E-state index < -0.39 is 11.8 Å².